The third kappa shape index (κ3) is 3.32. The zero-order valence-electron chi connectivity index (χ0n) is 9.23. The first-order valence-corrected chi connectivity index (χ1v) is 5.20. The first-order valence-electron chi connectivity index (χ1n) is 5.20. The van der Waals surface area contributed by atoms with Crippen LogP contribution in [-0.4, -0.2) is 34.5 Å². The average Bonchev–Trinajstić information content (AvgIpc) is 2.27. The van der Waals surface area contributed by atoms with E-state index in [-0.39, 0.29) is 18.8 Å². The number of aliphatic hydroxyl groups is 1. The molecule has 0 saturated carbocycles. The van der Waals surface area contributed by atoms with Gasteiger partial charge in [0.15, 0.2) is 0 Å². The highest BCUT2D eigenvalue weighted by molar-refractivity contribution is 5.03. The third-order valence-electron chi connectivity index (χ3n) is 2.18. The van der Waals surface area contributed by atoms with E-state index >= 15 is 0 Å². The van der Waals surface area contributed by atoms with Gasteiger partial charge in [0.1, 0.15) is 0 Å². The molecule has 90 valence electrons. The molecular weight excluding hydrogens is 212 g/mol. The summed E-state index contributed by atoms with van der Waals surface area (Å²) in [5.41, 5.74) is -0.198. The van der Waals surface area contributed by atoms with Crippen molar-refractivity contribution >= 4 is 0 Å². The second kappa shape index (κ2) is 6.24. The zero-order chi connectivity index (χ0) is 12.0. The quantitative estimate of drug-likeness (QED) is 0.618. The van der Waals surface area contributed by atoms with Crippen LogP contribution in [0.2, 0.25) is 0 Å². The Morgan fingerprint density at radius 2 is 2.19 bits per heavy atom. The van der Waals surface area contributed by atoms with Crippen molar-refractivity contribution in [3.63, 3.8) is 0 Å². The number of aromatic amines is 1. The van der Waals surface area contributed by atoms with E-state index < -0.39 is 5.69 Å². The Kier molecular flexibility index (Phi) is 4.94. The Labute approximate surface area is 92.5 Å². The average molecular weight is 228 g/mol. The summed E-state index contributed by atoms with van der Waals surface area (Å²) in [7, 11) is 0. The lowest BCUT2D eigenvalue weighted by molar-refractivity contribution is 0.0863. The summed E-state index contributed by atoms with van der Waals surface area (Å²) >= 11 is 0. The van der Waals surface area contributed by atoms with E-state index in [1.807, 2.05) is 6.92 Å². The number of aromatic nitrogens is 2. The molecule has 2 N–H and O–H groups in total. The van der Waals surface area contributed by atoms with Gasteiger partial charge in [-0.3, -0.25) is 14.3 Å². The van der Waals surface area contributed by atoms with Crippen LogP contribution in [0.4, 0.5) is 0 Å². The van der Waals surface area contributed by atoms with Gasteiger partial charge >= 0.3 is 5.69 Å². The molecule has 1 rings (SSSR count). The zero-order valence-corrected chi connectivity index (χ0v) is 9.23. The number of rotatable bonds is 6. The standard InChI is InChI=1S/C10H16N2O4/c1-2-8-7-12(3-5-16-6-4-13)10(15)11-9(8)14/h7,13H,2-6H2,1H3,(H,11,14,15). The number of aliphatic hydroxyl groups excluding tert-OH is 1. The third-order valence-corrected chi connectivity index (χ3v) is 2.18. The largest absolute Gasteiger partial charge is 0.394 e. The molecule has 0 aliphatic heterocycles. The fourth-order valence-electron chi connectivity index (χ4n) is 1.30. The second-order valence-corrected chi connectivity index (χ2v) is 3.30. The van der Waals surface area contributed by atoms with Crippen LogP contribution in [0.1, 0.15) is 12.5 Å². The highest BCUT2D eigenvalue weighted by atomic mass is 16.5. The first kappa shape index (κ1) is 12.7. The fourth-order valence-corrected chi connectivity index (χ4v) is 1.30. The summed E-state index contributed by atoms with van der Waals surface area (Å²) in [6.07, 6.45) is 2.12. The van der Waals surface area contributed by atoms with Gasteiger partial charge in [-0.2, -0.15) is 0 Å². The Balaban J connectivity index is 2.72. The highest BCUT2D eigenvalue weighted by Crippen LogP contribution is 1.89. The number of hydrogen-bond acceptors (Lipinski definition) is 4. The van der Waals surface area contributed by atoms with Crippen molar-refractivity contribution in [2.45, 2.75) is 19.9 Å². The van der Waals surface area contributed by atoms with Crippen LogP contribution in [0.25, 0.3) is 0 Å². The van der Waals surface area contributed by atoms with Gasteiger partial charge in [0, 0.05) is 11.8 Å². The molecule has 0 fully saturated rings. The van der Waals surface area contributed by atoms with Crippen molar-refractivity contribution in [2.24, 2.45) is 0 Å². The molecule has 0 aromatic carbocycles. The predicted octanol–water partition coefficient (Wildman–Crippen LogP) is -0.892. The van der Waals surface area contributed by atoms with E-state index in [0.717, 1.165) is 0 Å². The minimum absolute atomic E-state index is 0.0409. The molecule has 0 amide bonds. The van der Waals surface area contributed by atoms with Crippen molar-refractivity contribution in [3.8, 4) is 0 Å². The molecule has 0 bridgehead atoms. The van der Waals surface area contributed by atoms with Crippen molar-refractivity contribution < 1.29 is 9.84 Å². The smallest absolute Gasteiger partial charge is 0.328 e. The summed E-state index contributed by atoms with van der Waals surface area (Å²) in [5.74, 6) is 0. The maximum Gasteiger partial charge on any atom is 0.328 e. The highest BCUT2D eigenvalue weighted by Gasteiger charge is 2.02. The van der Waals surface area contributed by atoms with Crippen molar-refractivity contribution in [2.75, 3.05) is 19.8 Å². The van der Waals surface area contributed by atoms with E-state index in [9.17, 15) is 9.59 Å². The number of hydrogen-bond donors (Lipinski definition) is 2. The van der Waals surface area contributed by atoms with Crippen LogP contribution < -0.4 is 11.2 Å². The van der Waals surface area contributed by atoms with Gasteiger partial charge in [-0.05, 0) is 6.42 Å². The van der Waals surface area contributed by atoms with Crippen LogP contribution in [0.3, 0.4) is 0 Å². The lowest BCUT2D eigenvalue weighted by atomic mass is 10.3. The van der Waals surface area contributed by atoms with Gasteiger partial charge in [-0.25, -0.2) is 4.79 Å². The van der Waals surface area contributed by atoms with Gasteiger partial charge in [-0.1, -0.05) is 6.92 Å². The van der Waals surface area contributed by atoms with E-state index in [2.05, 4.69) is 4.98 Å². The monoisotopic (exact) mass is 228 g/mol. The number of ether oxygens (including phenoxy) is 1. The van der Waals surface area contributed by atoms with E-state index in [1.54, 1.807) is 6.20 Å². The molecule has 0 spiro atoms. The van der Waals surface area contributed by atoms with Crippen LogP contribution >= 0.6 is 0 Å². The molecule has 1 heterocycles. The molecule has 1 aromatic rings. The molecular formula is C10H16N2O4. The molecule has 0 aliphatic carbocycles. The van der Waals surface area contributed by atoms with Crippen LogP contribution in [-0.2, 0) is 17.7 Å². The maximum atomic E-state index is 11.4. The van der Waals surface area contributed by atoms with Gasteiger partial charge in [-0.15, -0.1) is 0 Å². The SMILES string of the molecule is CCc1cn(CCOCCO)c(=O)[nH]c1=O. The Morgan fingerprint density at radius 1 is 1.44 bits per heavy atom. The van der Waals surface area contributed by atoms with Crippen LogP contribution in [0.15, 0.2) is 15.8 Å². The Bertz CT molecular complexity index is 435. The van der Waals surface area contributed by atoms with E-state index in [1.165, 1.54) is 4.57 Å². The molecule has 6 nitrogen and oxygen atoms in total. The van der Waals surface area contributed by atoms with Gasteiger partial charge in [0.2, 0.25) is 0 Å². The molecule has 0 unspecified atom stereocenters. The van der Waals surface area contributed by atoms with Gasteiger partial charge in [0.05, 0.1) is 26.4 Å². The minimum atomic E-state index is -0.435. The van der Waals surface area contributed by atoms with Crippen LogP contribution in [0, 0.1) is 0 Å². The minimum Gasteiger partial charge on any atom is -0.394 e. The van der Waals surface area contributed by atoms with Crippen molar-refractivity contribution in [3.05, 3.63) is 32.6 Å². The van der Waals surface area contributed by atoms with E-state index in [4.69, 9.17) is 9.84 Å². The second-order valence-electron chi connectivity index (χ2n) is 3.30. The van der Waals surface area contributed by atoms with Gasteiger partial charge in [0.25, 0.3) is 5.56 Å². The molecule has 0 aliphatic rings. The molecule has 0 radical (unpaired) electrons. The summed E-state index contributed by atoms with van der Waals surface area (Å²) < 4.78 is 6.44. The van der Waals surface area contributed by atoms with E-state index in [0.29, 0.717) is 25.1 Å². The topological polar surface area (TPSA) is 84.3 Å². The molecule has 6 heteroatoms. The van der Waals surface area contributed by atoms with Crippen molar-refractivity contribution in [1.29, 1.82) is 0 Å². The molecule has 0 saturated heterocycles. The maximum absolute atomic E-state index is 11.4. The lowest BCUT2D eigenvalue weighted by Crippen LogP contribution is -2.32. The predicted molar refractivity (Wildman–Crippen MR) is 58.6 cm³/mol. The Morgan fingerprint density at radius 3 is 2.81 bits per heavy atom. The summed E-state index contributed by atoms with van der Waals surface area (Å²) in [6, 6.07) is 0. The molecule has 16 heavy (non-hydrogen) atoms. The summed E-state index contributed by atoms with van der Waals surface area (Å²) in [5, 5.41) is 8.50. The Hall–Kier alpha value is -1.40. The number of nitrogens with one attached hydrogen (secondary N) is 1. The number of H-pyrrole nitrogens is 1. The number of aryl methyl sites for hydroxylation is 1. The first-order chi connectivity index (χ1) is 7.69. The number of nitrogens with zero attached hydrogens (tertiary/aromatic N) is 1. The molecule has 1 aromatic heterocycles. The van der Waals surface area contributed by atoms with Gasteiger partial charge < -0.3 is 9.84 Å². The van der Waals surface area contributed by atoms with Crippen molar-refractivity contribution in [1.82, 2.24) is 9.55 Å². The van der Waals surface area contributed by atoms with Crippen LogP contribution in [0.5, 0.6) is 0 Å². The lowest BCUT2D eigenvalue weighted by Gasteiger charge is -2.06. The molecule has 0 atom stereocenters. The summed E-state index contributed by atoms with van der Waals surface area (Å²) in [4.78, 5) is 24.9. The normalized spacial score (nSPS) is 10.6. The summed E-state index contributed by atoms with van der Waals surface area (Å²) in [6.45, 7) is 2.75. The fraction of sp³-hybridized carbons (Fsp3) is 0.600.